The van der Waals surface area contributed by atoms with Crippen LogP contribution in [0.3, 0.4) is 0 Å². The molecule has 1 N–H and O–H groups in total. The highest BCUT2D eigenvalue weighted by molar-refractivity contribution is 5.85. The third-order valence-electron chi connectivity index (χ3n) is 2.77. The summed E-state index contributed by atoms with van der Waals surface area (Å²) in [4.78, 5) is 24.2. The molecule has 0 saturated heterocycles. The van der Waals surface area contributed by atoms with Crippen LogP contribution in [0.5, 0.6) is 11.5 Å². The summed E-state index contributed by atoms with van der Waals surface area (Å²) in [6.07, 6.45) is 0.627. The Labute approximate surface area is 116 Å². The fourth-order valence-corrected chi connectivity index (χ4v) is 1.90. The fraction of sp³-hybridized carbons (Fsp3) is 0.286. The SMILES string of the molecule is C=CCN(CC(=O)O)C(=O)C1COc2ccccc2O1. The molecule has 0 aromatic heterocycles. The summed E-state index contributed by atoms with van der Waals surface area (Å²) >= 11 is 0. The number of carboxylic acid groups (broad SMARTS) is 1. The largest absolute Gasteiger partial charge is 0.485 e. The van der Waals surface area contributed by atoms with Gasteiger partial charge in [-0.3, -0.25) is 9.59 Å². The molecule has 1 atom stereocenters. The minimum Gasteiger partial charge on any atom is -0.485 e. The summed E-state index contributed by atoms with van der Waals surface area (Å²) in [7, 11) is 0. The second kappa shape index (κ2) is 6.10. The van der Waals surface area contributed by atoms with E-state index < -0.39 is 24.5 Å². The van der Waals surface area contributed by atoms with Gasteiger partial charge in [-0.25, -0.2) is 0 Å². The summed E-state index contributed by atoms with van der Waals surface area (Å²) in [6.45, 7) is 3.32. The number of para-hydroxylation sites is 2. The maximum Gasteiger partial charge on any atom is 0.323 e. The molecule has 1 aliphatic heterocycles. The number of aliphatic carboxylic acids is 1. The molecule has 20 heavy (non-hydrogen) atoms. The first-order valence-corrected chi connectivity index (χ1v) is 6.11. The Morgan fingerprint density at radius 3 is 2.75 bits per heavy atom. The van der Waals surface area contributed by atoms with Crippen LogP contribution in [-0.2, 0) is 9.59 Å². The van der Waals surface area contributed by atoms with Crippen LogP contribution in [0.2, 0.25) is 0 Å². The molecular weight excluding hydrogens is 262 g/mol. The Morgan fingerprint density at radius 1 is 1.40 bits per heavy atom. The summed E-state index contributed by atoms with van der Waals surface area (Å²) in [5.41, 5.74) is 0. The quantitative estimate of drug-likeness (QED) is 0.810. The standard InChI is InChI=1S/C14H15NO5/c1-2-7-15(8-13(16)17)14(18)12-9-19-10-5-3-4-6-11(10)20-12/h2-6,12H,1,7-9H2,(H,16,17). The second-order valence-electron chi connectivity index (χ2n) is 4.27. The molecule has 1 aliphatic rings. The van der Waals surface area contributed by atoms with E-state index in [4.69, 9.17) is 14.6 Å². The molecule has 6 nitrogen and oxygen atoms in total. The first-order valence-electron chi connectivity index (χ1n) is 6.11. The molecular formula is C14H15NO5. The highest BCUT2D eigenvalue weighted by Gasteiger charge is 2.31. The Kier molecular flexibility index (Phi) is 4.24. The van der Waals surface area contributed by atoms with Crippen LogP contribution >= 0.6 is 0 Å². The van der Waals surface area contributed by atoms with Crippen LogP contribution in [0.4, 0.5) is 0 Å². The zero-order chi connectivity index (χ0) is 14.5. The van der Waals surface area contributed by atoms with E-state index in [9.17, 15) is 9.59 Å². The number of nitrogens with zero attached hydrogens (tertiary/aromatic N) is 1. The Balaban J connectivity index is 2.09. The molecule has 106 valence electrons. The number of carbonyl (C=O) groups excluding carboxylic acids is 1. The van der Waals surface area contributed by atoms with Crippen molar-refractivity contribution in [2.75, 3.05) is 19.7 Å². The molecule has 0 radical (unpaired) electrons. The zero-order valence-corrected chi connectivity index (χ0v) is 10.8. The second-order valence-corrected chi connectivity index (χ2v) is 4.27. The smallest absolute Gasteiger partial charge is 0.323 e. The van der Waals surface area contributed by atoms with Gasteiger partial charge in [-0.05, 0) is 12.1 Å². The van der Waals surface area contributed by atoms with Crippen LogP contribution < -0.4 is 9.47 Å². The van der Waals surface area contributed by atoms with Crippen molar-refractivity contribution >= 4 is 11.9 Å². The van der Waals surface area contributed by atoms with Crippen molar-refractivity contribution in [3.05, 3.63) is 36.9 Å². The van der Waals surface area contributed by atoms with Crippen molar-refractivity contribution in [3.8, 4) is 11.5 Å². The van der Waals surface area contributed by atoms with Crippen molar-refractivity contribution in [3.63, 3.8) is 0 Å². The molecule has 0 spiro atoms. The van der Waals surface area contributed by atoms with Gasteiger partial charge in [0.1, 0.15) is 13.2 Å². The molecule has 1 aromatic rings. The van der Waals surface area contributed by atoms with Crippen LogP contribution in [0.1, 0.15) is 0 Å². The predicted molar refractivity (Wildman–Crippen MR) is 70.8 cm³/mol. The fourth-order valence-electron chi connectivity index (χ4n) is 1.90. The van der Waals surface area contributed by atoms with Crippen molar-refractivity contribution in [2.24, 2.45) is 0 Å². The lowest BCUT2D eigenvalue weighted by Crippen LogP contribution is -2.48. The van der Waals surface area contributed by atoms with E-state index in [0.29, 0.717) is 11.5 Å². The van der Waals surface area contributed by atoms with Gasteiger partial charge in [-0.15, -0.1) is 6.58 Å². The lowest BCUT2D eigenvalue weighted by atomic mass is 10.2. The van der Waals surface area contributed by atoms with Crippen molar-refractivity contribution in [1.29, 1.82) is 0 Å². The molecule has 1 unspecified atom stereocenters. The van der Waals surface area contributed by atoms with Gasteiger partial charge in [0.15, 0.2) is 11.5 Å². The molecule has 0 aliphatic carbocycles. The van der Waals surface area contributed by atoms with Gasteiger partial charge < -0.3 is 19.5 Å². The van der Waals surface area contributed by atoms with Gasteiger partial charge >= 0.3 is 5.97 Å². The van der Waals surface area contributed by atoms with Crippen LogP contribution in [-0.4, -0.2) is 47.7 Å². The number of ether oxygens (including phenoxy) is 2. The summed E-state index contributed by atoms with van der Waals surface area (Å²) in [5, 5.41) is 8.82. The Hall–Kier alpha value is -2.50. The average Bonchev–Trinajstić information content (AvgIpc) is 2.45. The monoisotopic (exact) mass is 277 g/mol. The van der Waals surface area contributed by atoms with Gasteiger partial charge in [0.05, 0.1) is 0 Å². The van der Waals surface area contributed by atoms with Gasteiger partial charge in [-0.2, -0.15) is 0 Å². The maximum atomic E-state index is 12.2. The minimum absolute atomic E-state index is 0.0586. The third-order valence-corrected chi connectivity index (χ3v) is 2.77. The van der Waals surface area contributed by atoms with Gasteiger partial charge in [-0.1, -0.05) is 18.2 Å². The molecule has 1 heterocycles. The number of carboxylic acids is 1. The van der Waals surface area contributed by atoms with Gasteiger partial charge in [0.25, 0.3) is 5.91 Å². The van der Waals surface area contributed by atoms with E-state index >= 15 is 0 Å². The summed E-state index contributed by atoms with van der Waals surface area (Å²) in [5.74, 6) is -0.463. The molecule has 0 saturated carbocycles. The molecule has 0 bridgehead atoms. The van der Waals surface area contributed by atoms with Crippen molar-refractivity contribution in [1.82, 2.24) is 4.90 Å². The lowest BCUT2D eigenvalue weighted by molar-refractivity contribution is -0.148. The number of carbonyl (C=O) groups is 2. The predicted octanol–water partition coefficient (Wildman–Crippen LogP) is 0.926. The van der Waals surface area contributed by atoms with E-state index in [0.717, 1.165) is 4.90 Å². The first-order chi connectivity index (χ1) is 9.61. The number of fused-ring (bicyclic) bond motifs is 1. The van der Waals surface area contributed by atoms with Crippen LogP contribution in [0.25, 0.3) is 0 Å². The minimum atomic E-state index is -1.09. The normalized spacial score (nSPS) is 16.3. The number of amides is 1. The number of hydrogen-bond donors (Lipinski definition) is 1. The molecule has 0 fully saturated rings. The molecule has 1 aromatic carbocycles. The lowest BCUT2D eigenvalue weighted by Gasteiger charge is -2.29. The van der Waals surface area contributed by atoms with E-state index in [-0.39, 0.29) is 13.2 Å². The zero-order valence-electron chi connectivity index (χ0n) is 10.8. The average molecular weight is 277 g/mol. The molecule has 1 amide bonds. The Morgan fingerprint density at radius 2 is 2.10 bits per heavy atom. The third kappa shape index (κ3) is 3.09. The van der Waals surface area contributed by atoms with Crippen LogP contribution in [0, 0.1) is 0 Å². The summed E-state index contributed by atoms with van der Waals surface area (Å²) in [6, 6.07) is 7.02. The van der Waals surface area contributed by atoms with Crippen LogP contribution in [0.15, 0.2) is 36.9 Å². The van der Waals surface area contributed by atoms with E-state index in [1.54, 1.807) is 24.3 Å². The Bertz CT molecular complexity index is 528. The van der Waals surface area contributed by atoms with Crippen molar-refractivity contribution < 1.29 is 24.2 Å². The van der Waals surface area contributed by atoms with Crippen molar-refractivity contribution in [2.45, 2.75) is 6.10 Å². The molecule has 6 heteroatoms. The number of hydrogen-bond acceptors (Lipinski definition) is 4. The highest BCUT2D eigenvalue weighted by Crippen LogP contribution is 2.31. The number of benzene rings is 1. The number of rotatable bonds is 5. The summed E-state index contributed by atoms with van der Waals surface area (Å²) < 4.78 is 11.0. The highest BCUT2D eigenvalue weighted by atomic mass is 16.6. The van der Waals surface area contributed by atoms with E-state index in [2.05, 4.69) is 6.58 Å². The first kappa shape index (κ1) is 13.9. The maximum absolute atomic E-state index is 12.2. The van der Waals surface area contributed by atoms with Gasteiger partial charge in [0, 0.05) is 6.54 Å². The van der Waals surface area contributed by atoms with Gasteiger partial charge in [0.2, 0.25) is 6.10 Å². The topological polar surface area (TPSA) is 76.1 Å². The molecule has 2 rings (SSSR count). The van der Waals surface area contributed by atoms with E-state index in [1.807, 2.05) is 0 Å². The van der Waals surface area contributed by atoms with E-state index in [1.165, 1.54) is 6.08 Å².